The van der Waals surface area contributed by atoms with Gasteiger partial charge < -0.3 is 15.0 Å². The summed E-state index contributed by atoms with van der Waals surface area (Å²) in [6, 6.07) is 9.22. The standard InChI is InChI=1S/C23H32N2O3/c1-15-10-17(16-6-5-7-19(11-16)22(2,3)4)8-9-25(15)20(26)18-12-23(13-18)14-28-21(27)24-23/h5-7,11,15,17-18H,8-10,12-14H2,1-4H3,(H,24,27)/t15-,17+,18?,23?/m1/s1. The molecule has 1 N–H and O–H groups in total. The normalized spacial score (nSPS) is 32.6. The van der Waals surface area contributed by atoms with Crippen LogP contribution in [-0.2, 0) is 14.9 Å². The number of alkyl carbamates (subject to hydrolysis) is 1. The molecule has 0 radical (unpaired) electrons. The van der Waals surface area contributed by atoms with Gasteiger partial charge in [-0.15, -0.1) is 0 Å². The molecule has 0 unspecified atom stereocenters. The fourth-order valence-electron chi connectivity index (χ4n) is 5.07. The maximum absolute atomic E-state index is 13.0. The summed E-state index contributed by atoms with van der Waals surface area (Å²) in [6.07, 6.45) is 3.09. The summed E-state index contributed by atoms with van der Waals surface area (Å²) in [4.78, 5) is 26.4. The van der Waals surface area contributed by atoms with Crippen molar-refractivity contribution in [3.05, 3.63) is 35.4 Å². The third-order valence-corrected chi connectivity index (χ3v) is 6.85. The van der Waals surface area contributed by atoms with Gasteiger partial charge in [0.25, 0.3) is 0 Å². The maximum Gasteiger partial charge on any atom is 0.407 e. The Morgan fingerprint density at radius 2 is 2.04 bits per heavy atom. The molecule has 2 saturated heterocycles. The van der Waals surface area contributed by atoms with E-state index in [1.807, 2.05) is 0 Å². The molecule has 5 heteroatoms. The molecule has 5 nitrogen and oxygen atoms in total. The lowest BCUT2D eigenvalue weighted by atomic mass is 9.68. The van der Waals surface area contributed by atoms with Gasteiger partial charge in [0.2, 0.25) is 5.91 Å². The number of hydrogen-bond donors (Lipinski definition) is 1. The number of amides is 2. The van der Waals surface area contributed by atoms with E-state index in [4.69, 9.17) is 4.74 Å². The zero-order chi connectivity index (χ0) is 20.1. The molecule has 1 aliphatic carbocycles. The summed E-state index contributed by atoms with van der Waals surface area (Å²) >= 11 is 0. The number of likely N-dealkylation sites (tertiary alicyclic amines) is 1. The van der Waals surface area contributed by atoms with Crippen molar-refractivity contribution in [2.75, 3.05) is 13.2 Å². The Morgan fingerprint density at radius 3 is 2.64 bits per heavy atom. The molecule has 3 aliphatic rings. The van der Waals surface area contributed by atoms with Crippen LogP contribution in [0.5, 0.6) is 0 Å². The number of hydrogen-bond acceptors (Lipinski definition) is 3. The molecule has 1 aromatic carbocycles. The van der Waals surface area contributed by atoms with Crippen LogP contribution in [0.15, 0.2) is 24.3 Å². The van der Waals surface area contributed by atoms with Gasteiger partial charge in [0.1, 0.15) is 6.61 Å². The Kier molecular flexibility index (Phi) is 4.67. The smallest absolute Gasteiger partial charge is 0.407 e. The first-order valence-electron chi connectivity index (χ1n) is 10.5. The number of cyclic esters (lactones) is 1. The second kappa shape index (κ2) is 6.78. The third kappa shape index (κ3) is 3.51. The minimum Gasteiger partial charge on any atom is -0.447 e. The minimum absolute atomic E-state index is 0.0187. The first-order chi connectivity index (χ1) is 13.2. The number of nitrogens with zero attached hydrogens (tertiary/aromatic N) is 1. The number of rotatable bonds is 2. The average Bonchev–Trinajstić information content (AvgIpc) is 3.01. The molecule has 1 spiro atoms. The number of carbonyl (C=O) groups excluding carboxylic acids is 2. The molecule has 1 aromatic rings. The number of piperidine rings is 1. The van der Waals surface area contributed by atoms with Crippen LogP contribution in [0, 0.1) is 5.92 Å². The lowest BCUT2D eigenvalue weighted by Crippen LogP contribution is -2.59. The van der Waals surface area contributed by atoms with E-state index in [2.05, 4.69) is 62.2 Å². The Bertz CT molecular complexity index is 776. The van der Waals surface area contributed by atoms with Crippen LogP contribution in [0.3, 0.4) is 0 Å². The van der Waals surface area contributed by atoms with Crippen LogP contribution in [0.4, 0.5) is 4.79 Å². The van der Waals surface area contributed by atoms with Gasteiger partial charge in [0.05, 0.1) is 5.54 Å². The van der Waals surface area contributed by atoms with E-state index in [0.717, 1.165) is 19.4 Å². The van der Waals surface area contributed by atoms with Gasteiger partial charge in [0.15, 0.2) is 0 Å². The summed E-state index contributed by atoms with van der Waals surface area (Å²) in [5.41, 5.74) is 2.64. The number of benzene rings is 1. The topological polar surface area (TPSA) is 58.6 Å². The zero-order valence-corrected chi connectivity index (χ0v) is 17.5. The van der Waals surface area contributed by atoms with Crippen LogP contribution in [0.25, 0.3) is 0 Å². The van der Waals surface area contributed by atoms with Crippen LogP contribution in [0.1, 0.15) is 70.4 Å². The van der Waals surface area contributed by atoms with Gasteiger partial charge >= 0.3 is 6.09 Å². The SMILES string of the molecule is C[C@@H]1C[C@@H](c2cccc(C(C)(C)C)c2)CCN1C(=O)C1CC2(COC(=O)N2)C1. The van der Waals surface area contributed by atoms with E-state index in [9.17, 15) is 9.59 Å². The van der Waals surface area contributed by atoms with E-state index in [-0.39, 0.29) is 34.9 Å². The average molecular weight is 385 g/mol. The summed E-state index contributed by atoms with van der Waals surface area (Å²) in [5, 5.41) is 2.88. The minimum atomic E-state index is -0.349. The first-order valence-corrected chi connectivity index (χ1v) is 10.5. The Morgan fingerprint density at radius 1 is 1.29 bits per heavy atom. The van der Waals surface area contributed by atoms with Gasteiger partial charge in [-0.1, -0.05) is 45.0 Å². The van der Waals surface area contributed by atoms with Crippen LogP contribution >= 0.6 is 0 Å². The summed E-state index contributed by atoms with van der Waals surface area (Å²) in [5.74, 6) is 0.781. The number of nitrogens with one attached hydrogen (secondary N) is 1. The van der Waals surface area contributed by atoms with Crippen molar-refractivity contribution in [3.63, 3.8) is 0 Å². The van der Waals surface area contributed by atoms with E-state index < -0.39 is 0 Å². The highest BCUT2D eigenvalue weighted by Crippen LogP contribution is 2.43. The molecular weight excluding hydrogens is 352 g/mol. The van der Waals surface area contributed by atoms with E-state index >= 15 is 0 Å². The van der Waals surface area contributed by atoms with Crippen LogP contribution in [-0.4, -0.2) is 41.6 Å². The Labute approximate surface area is 167 Å². The van der Waals surface area contributed by atoms with Gasteiger partial charge in [-0.2, -0.15) is 0 Å². The van der Waals surface area contributed by atoms with Crippen LogP contribution in [0.2, 0.25) is 0 Å². The number of ether oxygens (including phenoxy) is 1. The molecular formula is C23H32N2O3. The summed E-state index contributed by atoms with van der Waals surface area (Å²) in [7, 11) is 0. The van der Waals surface area contributed by atoms with Gasteiger partial charge in [-0.25, -0.2) is 4.79 Å². The van der Waals surface area contributed by atoms with Crippen molar-refractivity contribution < 1.29 is 14.3 Å². The predicted octanol–water partition coefficient (Wildman–Crippen LogP) is 3.97. The second-order valence-electron chi connectivity index (χ2n) is 10.1. The van der Waals surface area contributed by atoms with Crippen LogP contribution < -0.4 is 5.32 Å². The molecule has 1 saturated carbocycles. The number of carbonyl (C=O) groups is 2. The van der Waals surface area contributed by atoms with E-state index in [1.54, 1.807) is 0 Å². The predicted molar refractivity (Wildman–Crippen MR) is 108 cm³/mol. The molecule has 0 aromatic heterocycles. The van der Waals surface area contributed by atoms with E-state index in [0.29, 0.717) is 25.4 Å². The van der Waals surface area contributed by atoms with Crippen molar-refractivity contribution in [1.82, 2.24) is 10.2 Å². The largest absolute Gasteiger partial charge is 0.447 e. The molecule has 2 amide bonds. The molecule has 0 bridgehead atoms. The third-order valence-electron chi connectivity index (χ3n) is 6.85. The molecule has 28 heavy (non-hydrogen) atoms. The van der Waals surface area contributed by atoms with Crippen molar-refractivity contribution in [1.29, 1.82) is 0 Å². The molecule has 3 fully saturated rings. The highest BCUT2D eigenvalue weighted by Gasteiger charge is 2.53. The monoisotopic (exact) mass is 384 g/mol. The summed E-state index contributed by atoms with van der Waals surface area (Å²) < 4.78 is 5.03. The molecule has 152 valence electrons. The Hall–Kier alpha value is -2.04. The summed E-state index contributed by atoms with van der Waals surface area (Å²) in [6.45, 7) is 10.1. The fourth-order valence-corrected chi connectivity index (χ4v) is 5.07. The molecule has 4 rings (SSSR count). The molecule has 2 heterocycles. The maximum atomic E-state index is 13.0. The van der Waals surface area contributed by atoms with Crippen molar-refractivity contribution in [2.24, 2.45) is 5.92 Å². The first kappa shape index (κ1) is 19.3. The molecule has 2 atom stereocenters. The van der Waals surface area contributed by atoms with Crippen molar-refractivity contribution in [2.45, 2.75) is 76.3 Å². The quantitative estimate of drug-likeness (QED) is 0.839. The molecule has 2 aliphatic heterocycles. The highest BCUT2D eigenvalue weighted by atomic mass is 16.6. The second-order valence-corrected chi connectivity index (χ2v) is 10.1. The zero-order valence-electron chi connectivity index (χ0n) is 17.5. The van der Waals surface area contributed by atoms with Gasteiger partial charge in [-0.3, -0.25) is 4.79 Å². The van der Waals surface area contributed by atoms with E-state index in [1.165, 1.54) is 11.1 Å². The lowest BCUT2D eigenvalue weighted by molar-refractivity contribution is -0.144. The van der Waals surface area contributed by atoms with Gasteiger partial charge in [0, 0.05) is 18.5 Å². The van der Waals surface area contributed by atoms with Crippen molar-refractivity contribution >= 4 is 12.0 Å². The van der Waals surface area contributed by atoms with Gasteiger partial charge in [-0.05, 0) is 55.1 Å². The lowest BCUT2D eigenvalue weighted by Gasteiger charge is -2.46. The highest BCUT2D eigenvalue weighted by molar-refractivity contribution is 5.82. The van der Waals surface area contributed by atoms with Crippen molar-refractivity contribution in [3.8, 4) is 0 Å². The fraction of sp³-hybridized carbons (Fsp3) is 0.652. The Balaban J connectivity index is 1.37.